The number of nitrogens with zero attached hydrogens (tertiary/aromatic N) is 3. The number of hydrogen-bond donors (Lipinski definition) is 1. The number of methoxy groups -OCH3 is 1. The largest absolute Gasteiger partial charge is 0.494 e. The first-order valence-corrected chi connectivity index (χ1v) is 9.86. The Bertz CT molecular complexity index is 1150. The van der Waals surface area contributed by atoms with Crippen molar-refractivity contribution in [2.75, 3.05) is 25.2 Å². The molecule has 1 amide bonds. The molecule has 33 heavy (non-hydrogen) atoms. The fourth-order valence-corrected chi connectivity index (χ4v) is 3.42. The highest BCUT2D eigenvalue weighted by molar-refractivity contribution is 6.33. The van der Waals surface area contributed by atoms with Gasteiger partial charge in [0.2, 0.25) is 0 Å². The zero-order chi connectivity index (χ0) is 24.3. The number of ether oxygens (including phenoxy) is 2. The second-order valence-electron chi connectivity index (χ2n) is 6.74. The van der Waals surface area contributed by atoms with E-state index in [9.17, 15) is 22.4 Å². The van der Waals surface area contributed by atoms with Crippen molar-refractivity contribution in [3.8, 4) is 22.8 Å². The molecule has 0 saturated heterocycles. The van der Waals surface area contributed by atoms with Crippen molar-refractivity contribution in [2.24, 2.45) is 12.8 Å². The van der Waals surface area contributed by atoms with Crippen LogP contribution >= 0.6 is 11.6 Å². The summed E-state index contributed by atoms with van der Waals surface area (Å²) in [7, 11) is 2.79. The first kappa shape index (κ1) is 24.3. The molecule has 3 aromatic rings. The molecule has 3 rings (SSSR count). The lowest BCUT2D eigenvalue weighted by molar-refractivity contribution is -0.169. The standard InChI is InChI=1S/C21H19ClF4N4O3/c1-29-19(15(22)11-28-29)14-9-12(3-5-17(14)33-8-7-27)30(20(31)21(24,25)26)13-4-6-18(32-2)16(23)10-13/h3-6,9-11H,7-8,27H2,1-2H3. The first-order valence-electron chi connectivity index (χ1n) is 9.48. The van der Waals surface area contributed by atoms with Crippen LogP contribution in [-0.2, 0) is 11.8 Å². The van der Waals surface area contributed by atoms with Crippen LogP contribution < -0.4 is 20.1 Å². The molecule has 0 aliphatic rings. The highest BCUT2D eigenvalue weighted by Crippen LogP contribution is 2.40. The number of nitrogens with two attached hydrogens (primary N) is 1. The molecule has 0 fully saturated rings. The average Bonchev–Trinajstić information content (AvgIpc) is 3.10. The third-order valence-corrected chi connectivity index (χ3v) is 4.86. The van der Waals surface area contributed by atoms with Gasteiger partial charge in [-0.05, 0) is 30.3 Å². The molecule has 176 valence electrons. The summed E-state index contributed by atoms with van der Waals surface area (Å²) < 4.78 is 66.6. The quantitative estimate of drug-likeness (QED) is 0.499. The summed E-state index contributed by atoms with van der Waals surface area (Å²) in [4.78, 5) is 12.7. The van der Waals surface area contributed by atoms with Crippen molar-refractivity contribution in [3.05, 3.63) is 53.4 Å². The van der Waals surface area contributed by atoms with E-state index < -0.39 is 17.9 Å². The van der Waals surface area contributed by atoms with Crippen LogP contribution in [0.3, 0.4) is 0 Å². The van der Waals surface area contributed by atoms with Gasteiger partial charge in [0.05, 0.1) is 35.4 Å². The van der Waals surface area contributed by atoms with Crippen LogP contribution in [0.2, 0.25) is 5.02 Å². The van der Waals surface area contributed by atoms with Gasteiger partial charge in [-0.15, -0.1) is 0 Å². The summed E-state index contributed by atoms with van der Waals surface area (Å²) in [5, 5.41) is 4.24. The zero-order valence-corrected chi connectivity index (χ0v) is 18.2. The molecule has 0 spiro atoms. The van der Waals surface area contributed by atoms with Crippen molar-refractivity contribution >= 4 is 28.9 Å². The van der Waals surface area contributed by atoms with Crippen LogP contribution in [0.5, 0.6) is 11.5 Å². The minimum absolute atomic E-state index is 0.122. The number of halogens is 5. The van der Waals surface area contributed by atoms with Crippen molar-refractivity contribution in [3.63, 3.8) is 0 Å². The van der Waals surface area contributed by atoms with Crippen molar-refractivity contribution < 1.29 is 31.8 Å². The Morgan fingerprint density at radius 2 is 1.82 bits per heavy atom. The molecule has 12 heteroatoms. The van der Waals surface area contributed by atoms with Gasteiger partial charge in [0.1, 0.15) is 12.4 Å². The van der Waals surface area contributed by atoms with Crippen LogP contribution in [0.25, 0.3) is 11.3 Å². The van der Waals surface area contributed by atoms with Crippen LogP contribution in [0.15, 0.2) is 42.6 Å². The predicted octanol–water partition coefficient (Wildman–Crippen LogP) is 4.45. The normalized spacial score (nSPS) is 11.4. The maximum atomic E-state index is 14.3. The molecule has 0 unspecified atom stereocenters. The summed E-state index contributed by atoms with van der Waals surface area (Å²) in [5.74, 6) is -3.08. The van der Waals surface area contributed by atoms with E-state index in [1.807, 2.05) is 0 Å². The lowest BCUT2D eigenvalue weighted by Gasteiger charge is -2.25. The Balaban J connectivity index is 2.23. The smallest absolute Gasteiger partial charge is 0.472 e. The molecular weight excluding hydrogens is 468 g/mol. The molecule has 0 aliphatic heterocycles. The van der Waals surface area contributed by atoms with Crippen molar-refractivity contribution in [1.29, 1.82) is 0 Å². The molecule has 0 saturated carbocycles. The third-order valence-electron chi connectivity index (χ3n) is 4.59. The van der Waals surface area contributed by atoms with Crippen LogP contribution in [-0.4, -0.2) is 42.1 Å². The minimum atomic E-state index is -5.24. The molecule has 1 aromatic heterocycles. The summed E-state index contributed by atoms with van der Waals surface area (Å²) >= 11 is 6.24. The van der Waals surface area contributed by atoms with Gasteiger partial charge in [0.15, 0.2) is 11.6 Å². The van der Waals surface area contributed by atoms with Crippen molar-refractivity contribution in [1.82, 2.24) is 9.78 Å². The lowest BCUT2D eigenvalue weighted by Crippen LogP contribution is -2.38. The highest BCUT2D eigenvalue weighted by Gasteiger charge is 2.44. The number of carbonyl (C=O) groups excluding carboxylic acids is 1. The van der Waals surface area contributed by atoms with Gasteiger partial charge in [-0.3, -0.25) is 14.4 Å². The Hall–Kier alpha value is -3.31. The lowest BCUT2D eigenvalue weighted by atomic mass is 10.1. The van der Waals surface area contributed by atoms with Crippen LogP contribution in [0, 0.1) is 5.82 Å². The van der Waals surface area contributed by atoms with Gasteiger partial charge in [0.25, 0.3) is 0 Å². The molecule has 0 aliphatic carbocycles. The van der Waals surface area contributed by atoms with Gasteiger partial charge >= 0.3 is 12.1 Å². The summed E-state index contributed by atoms with van der Waals surface area (Å²) in [5.41, 5.74) is 5.54. The molecule has 0 bridgehead atoms. The molecule has 2 N–H and O–H groups in total. The number of aromatic nitrogens is 2. The molecule has 2 aromatic carbocycles. The van der Waals surface area contributed by atoms with E-state index in [-0.39, 0.29) is 46.6 Å². The summed E-state index contributed by atoms with van der Waals surface area (Å²) in [6.07, 6.45) is -3.89. The molecule has 1 heterocycles. The summed E-state index contributed by atoms with van der Waals surface area (Å²) in [6.45, 7) is 0.306. The number of aryl methyl sites for hydroxylation is 1. The number of benzene rings is 2. The Labute approximate surface area is 191 Å². The molecular formula is C21H19ClF4N4O3. The van der Waals surface area contributed by atoms with E-state index in [4.69, 9.17) is 26.8 Å². The molecule has 0 atom stereocenters. The van der Waals surface area contributed by atoms with E-state index in [1.54, 1.807) is 7.05 Å². The Kier molecular flexibility index (Phi) is 7.13. The zero-order valence-electron chi connectivity index (χ0n) is 17.5. The fourth-order valence-electron chi connectivity index (χ4n) is 3.16. The van der Waals surface area contributed by atoms with Gasteiger partial charge in [0, 0.05) is 25.2 Å². The number of amides is 1. The monoisotopic (exact) mass is 486 g/mol. The SMILES string of the molecule is COc1ccc(N(C(=O)C(F)(F)F)c2ccc(OCCN)c(-c3c(Cl)cnn3C)c2)cc1F. The number of anilines is 2. The van der Waals surface area contributed by atoms with Crippen LogP contribution in [0.1, 0.15) is 0 Å². The van der Waals surface area contributed by atoms with E-state index >= 15 is 0 Å². The topological polar surface area (TPSA) is 82.6 Å². The number of alkyl halides is 3. The van der Waals surface area contributed by atoms with Gasteiger partial charge in [-0.2, -0.15) is 18.3 Å². The van der Waals surface area contributed by atoms with Crippen molar-refractivity contribution in [2.45, 2.75) is 6.18 Å². The summed E-state index contributed by atoms with van der Waals surface area (Å²) in [6, 6.07) is 6.93. The number of rotatable bonds is 7. The fraction of sp³-hybridized carbons (Fsp3) is 0.238. The highest BCUT2D eigenvalue weighted by atomic mass is 35.5. The Morgan fingerprint density at radius 3 is 2.33 bits per heavy atom. The maximum Gasteiger partial charge on any atom is 0.472 e. The minimum Gasteiger partial charge on any atom is -0.494 e. The third kappa shape index (κ3) is 5.04. The van der Waals surface area contributed by atoms with E-state index in [0.717, 1.165) is 18.2 Å². The van der Waals surface area contributed by atoms with E-state index in [2.05, 4.69) is 5.10 Å². The number of hydrogen-bond acceptors (Lipinski definition) is 5. The Morgan fingerprint density at radius 1 is 1.18 bits per heavy atom. The second kappa shape index (κ2) is 9.67. The maximum absolute atomic E-state index is 14.3. The van der Waals surface area contributed by atoms with Gasteiger partial charge < -0.3 is 15.2 Å². The molecule has 7 nitrogen and oxygen atoms in total. The van der Waals surface area contributed by atoms with Gasteiger partial charge in [-0.25, -0.2) is 4.39 Å². The predicted molar refractivity (Wildman–Crippen MR) is 114 cm³/mol. The van der Waals surface area contributed by atoms with Gasteiger partial charge in [-0.1, -0.05) is 11.6 Å². The number of carbonyl (C=O) groups is 1. The van der Waals surface area contributed by atoms with E-state index in [0.29, 0.717) is 10.6 Å². The first-order chi connectivity index (χ1) is 15.6. The average molecular weight is 487 g/mol. The molecule has 0 radical (unpaired) electrons. The van der Waals surface area contributed by atoms with E-state index in [1.165, 1.54) is 36.2 Å². The van der Waals surface area contributed by atoms with Crippen LogP contribution in [0.4, 0.5) is 28.9 Å². The second-order valence-corrected chi connectivity index (χ2v) is 7.15.